The Kier molecular flexibility index (Phi) is 5.89. The van der Waals surface area contributed by atoms with Gasteiger partial charge in [-0.3, -0.25) is 9.78 Å². The minimum atomic E-state index is -0.484. The van der Waals surface area contributed by atoms with Gasteiger partial charge in [-0.15, -0.1) is 0 Å². The van der Waals surface area contributed by atoms with Crippen molar-refractivity contribution in [3.8, 4) is 22.3 Å². The van der Waals surface area contributed by atoms with Gasteiger partial charge in [0.25, 0.3) is 0 Å². The standard InChI is InChI=1S/C27H23FN2O/c1-18-16-23(14-15-29-18)20-8-11-24(12-9-20)30-27(31)19(2)22-10-13-25(26(28)17-22)21-6-4-3-5-7-21/h3-17,19H,1-2H3,(H,30,31)/t19-/m1/s1. The molecule has 1 atom stereocenters. The van der Waals surface area contributed by atoms with Crippen molar-refractivity contribution in [3.63, 3.8) is 0 Å². The van der Waals surface area contributed by atoms with E-state index >= 15 is 0 Å². The molecule has 0 radical (unpaired) electrons. The molecule has 154 valence electrons. The SMILES string of the molecule is Cc1cc(-c2ccc(NC(=O)[C@H](C)c3ccc(-c4ccccc4)c(F)c3)cc2)ccn1. The number of carbonyl (C=O) groups is 1. The number of rotatable bonds is 5. The number of aromatic nitrogens is 1. The Hall–Kier alpha value is -3.79. The fourth-order valence-corrected chi connectivity index (χ4v) is 3.53. The van der Waals surface area contributed by atoms with E-state index in [9.17, 15) is 9.18 Å². The highest BCUT2D eigenvalue weighted by atomic mass is 19.1. The van der Waals surface area contributed by atoms with Crippen LogP contribution >= 0.6 is 0 Å². The number of amides is 1. The molecule has 0 aliphatic carbocycles. The molecule has 0 unspecified atom stereocenters. The Balaban J connectivity index is 1.47. The first-order valence-corrected chi connectivity index (χ1v) is 10.2. The van der Waals surface area contributed by atoms with Crippen LogP contribution < -0.4 is 5.32 Å². The summed E-state index contributed by atoms with van der Waals surface area (Å²) in [5.41, 5.74) is 5.76. The molecule has 4 rings (SSSR count). The van der Waals surface area contributed by atoms with Crippen LogP contribution in [0.2, 0.25) is 0 Å². The molecule has 3 aromatic carbocycles. The molecule has 4 aromatic rings. The molecule has 3 nitrogen and oxygen atoms in total. The lowest BCUT2D eigenvalue weighted by Gasteiger charge is -2.14. The quantitative estimate of drug-likeness (QED) is 0.402. The first kappa shape index (κ1) is 20.5. The fourth-order valence-electron chi connectivity index (χ4n) is 3.53. The van der Waals surface area contributed by atoms with Gasteiger partial charge in [0, 0.05) is 23.1 Å². The maximum absolute atomic E-state index is 14.7. The van der Waals surface area contributed by atoms with Gasteiger partial charge in [-0.25, -0.2) is 4.39 Å². The van der Waals surface area contributed by atoms with Gasteiger partial charge in [0.15, 0.2) is 0 Å². The largest absolute Gasteiger partial charge is 0.326 e. The fraction of sp³-hybridized carbons (Fsp3) is 0.111. The number of hydrogen-bond donors (Lipinski definition) is 1. The van der Waals surface area contributed by atoms with E-state index in [2.05, 4.69) is 10.3 Å². The van der Waals surface area contributed by atoms with Crippen LogP contribution in [0.1, 0.15) is 24.1 Å². The van der Waals surface area contributed by atoms with Gasteiger partial charge < -0.3 is 5.32 Å². The lowest BCUT2D eigenvalue weighted by atomic mass is 9.96. The second kappa shape index (κ2) is 8.92. The zero-order valence-corrected chi connectivity index (χ0v) is 17.5. The van der Waals surface area contributed by atoms with Crippen LogP contribution in [-0.2, 0) is 4.79 Å². The van der Waals surface area contributed by atoms with Gasteiger partial charge in [-0.1, -0.05) is 54.6 Å². The van der Waals surface area contributed by atoms with Crippen LogP contribution in [0.3, 0.4) is 0 Å². The average molecular weight is 410 g/mol. The van der Waals surface area contributed by atoms with Gasteiger partial charge in [-0.2, -0.15) is 0 Å². The Morgan fingerprint density at radius 2 is 1.61 bits per heavy atom. The monoisotopic (exact) mass is 410 g/mol. The molecule has 0 saturated heterocycles. The van der Waals surface area contributed by atoms with Crippen molar-refractivity contribution in [2.24, 2.45) is 0 Å². The normalized spacial score (nSPS) is 11.7. The molecule has 4 heteroatoms. The van der Waals surface area contributed by atoms with Crippen LogP contribution in [-0.4, -0.2) is 10.9 Å². The third-order valence-electron chi connectivity index (χ3n) is 5.35. The summed E-state index contributed by atoms with van der Waals surface area (Å²) in [6, 6.07) is 26.0. The van der Waals surface area contributed by atoms with Gasteiger partial charge in [-0.05, 0) is 66.4 Å². The molecular formula is C27H23FN2O. The first-order chi connectivity index (χ1) is 15.0. The van der Waals surface area contributed by atoms with Crippen molar-refractivity contribution in [1.29, 1.82) is 0 Å². The maximum Gasteiger partial charge on any atom is 0.231 e. The van der Waals surface area contributed by atoms with E-state index in [1.807, 2.05) is 79.7 Å². The Morgan fingerprint density at radius 3 is 2.29 bits per heavy atom. The van der Waals surface area contributed by atoms with E-state index < -0.39 is 5.92 Å². The summed E-state index contributed by atoms with van der Waals surface area (Å²) in [5, 5.41) is 2.92. The molecule has 0 aliphatic rings. The van der Waals surface area contributed by atoms with E-state index in [0.29, 0.717) is 16.8 Å². The van der Waals surface area contributed by atoms with Crippen molar-refractivity contribution >= 4 is 11.6 Å². The van der Waals surface area contributed by atoms with E-state index in [1.165, 1.54) is 6.07 Å². The van der Waals surface area contributed by atoms with Crippen molar-refractivity contribution in [2.45, 2.75) is 19.8 Å². The first-order valence-electron chi connectivity index (χ1n) is 10.2. The highest BCUT2D eigenvalue weighted by molar-refractivity contribution is 5.95. The number of halogens is 1. The highest BCUT2D eigenvalue weighted by Gasteiger charge is 2.17. The second-order valence-corrected chi connectivity index (χ2v) is 7.58. The molecule has 1 amide bonds. The van der Waals surface area contributed by atoms with Crippen molar-refractivity contribution in [1.82, 2.24) is 4.98 Å². The minimum Gasteiger partial charge on any atom is -0.326 e. The van der Waals surface area contributed by atoms with Crippen molar-refractivity contribution in [3.05, 3.63) is 108 Å². The number of pyridine rings is 1. The van der Waals surface area contributed by atoms with Gasteiger partial charge in [0.05, 0.1) is 5.92 Å². The van der Waals surface area contributed by atoms with Gasteiger partial charge >= 0.3 is 0 Å². The highest BCUT2D eigenvalue weighted by Crippen LogP contribution is 2.27. The lowest BCUT2D eigenvalue weighted by molar-refractivity contribution is -0.117. The minimum absolute atomic E-state index is 0.181. The molecule has 1 heterocycles. The number of nitrogens with one attached hydrogen (secondary N) is 1. The Morgan fingerprint density at radius 1 is 0.871 bits per heavy atom. The summed E-state index contributed by atoms with van der Waals surface area (Å²) in [6.07, 6.45) is 1.78. The molecule has 1 aromatic heterocycles. The van der Waals surface area contributed by atoms with Crippen molar-refractivity contribution in [2.75, 3.05) is 5.32 Å². The molecule has 0 fully saturated rings. The van der Waals surface area contributed by atoms with Crippen LogP contribution in [0, 0.1) is 12.7 Å². The molecular weight excluding hydrogens is 387 g/mol. The molecule has 31 heavy (non-hydrogen) atoms. The summed E-state index contributed by atoms with van der Waals surface area (Å²) in [6.45, 7) is 3.73. The predicted molar refractivity (Wildman–Crippen MR) is 123 cm³/mol. The Bertz CT molecular complexity index is 1200. The molecule has 0 spiro atoms. The summed E-state index contributed by atoms with van der Waals surface area (Å²) < 4.78 is 14.7. The van der Waals surface area contributed by atoms with Gasteiger partial charge in [0.1, 0.15) is 5.82 Å². The van der Waals surface area contributed by atoms with E-state index in [-0.39, 0.29) is 11.7 Å². The summed E-state index contributed by atoms with van der Waals surface area (Å²) in [4.78, 5) is 17.0. The van der Waals surface area contributed by atoms with Gasteiger partial charge in [0.2, 0.25) is 5.91 Å². The number of aryl methyl sites for hydroxylation is 1. The zero-order chi connectivity index (χ0) is 21.8. The number of anilines is 1. The third-order valence-corrected chi connectivity index (χ3v) is 5.35. The van der Waals surface area contributed by atoms with E-state index in [4.69, 9.17) is 0 Å². The number of nitrogens with zero attached hydrogens (tertiary/aromatic N) is 1. The van der Waals surface area contributed by atoms with Crippen molar-refractivity contribution < 1.29 is 9.18 Å². The van der Waals surface area contributed by atoms with Crippen LogP contribution in [0.4, 0.5) is 10.1 Å². The second-order valence-electron chi connectivity index (χ2n) is 7.58. The third kappa shape index (κ3) is 4.69. The zero-order valence-electron chi connectivity index (χ0n) is 17.5. The summed E-state index contributed by atoms with van der Waals surface area (Å²) >= 11 is 0. The summed E-state index contributed by atoms with van der Waals surface area (Å²) in [5.74, 6) is -0.999. The van der Waals surface area contributed by atoms with E-state index in [0.717, 1.165) is 22.4 Å². The van der Waals surface area contributed by atoms with E-state index in [1.54, 1.807) is 19.2 Å². The smallest absolute Gasteiger partial charge is 0.231 e. The van der Waals surface area contributed by atoms with Crippen LogP contribution in [0.15, 0.2) is 91.1 Å². The number of carbonyl (C=O) groups excluding carboxylic acids is 1. The maximum atomic E-state index is 14.7. The molecule has 0 saturated carbocycles. The molecule has 0 aliphatic heterocycles. The lowest BCUT2D eigenvalue weighted by Crippen LogP contribution is -2.19. The average Bonchev–Trinajstić information content (AvgIpc) is 2.79. The van der Waals surface area contributed by atoms with Crippen LogP contribution in [0.25, 0.3) is 22.3 Å². The topological polar surface area (TPSA) is 42.0 Å². The molecule has 0 bridgehead atoms. The number of benzene rings is 3. The molecule has 1 N–H and O–H groups in total. The Labute approximate surface area is 181 Å². The predicted octanol–water partition coefficient (Wildman–Crippen LogP) is 6.61. The summed E-state index contributed by atoms with van der Waals surface area (Å²) in [7, 11) is 0. The van der Waals surface area contributed by atoms with Crippen LogP contribution in [0.5, 0.6) is 0 Å². The number of hydrogen-bond acceptors (Lipinski definition) is 2.